The molecular weight excluding hydrogens is 348 g/mol. The van der Waals surface area contributed by atoms with E-state index < -0.39 is 16.1 Å². The second kappa shape index (κ2) is 8.47. The summed E-state index contributed by atoms with van der Waals surface area (Å²) in [5, 5.41) is 2.94. The first-order valence-electron chi connectivity index (χ1n) is 8.61. The Morgan fingerprint density at radius 3 is 2.12 bits per heavy atom. The van der Waals surface area contributed by atoms with Crippen molar-refractivity contribution in [1.29, 1.82) is 0 Å². The maximum atomic E-state index is 12.9. The second-order valence-electron chi connectivity index (χ2n) is 6.42. The molecule has 1 N–H and O–H groups in total. The molecule has 5 nitrogen and oxygen atoms in total. The smallest absolute Gasteiger partial charge is 0.243 e. The van der Waals surface area contributed by atoms with Crippen molar-refractivity contribution in [3.8, 4) is 0 Å². The van der Waals surface area contributed by atoms with Gasteiger partial charge in [0.15, 0.2) is 0 Å². The highest BCUT2D eigenvalue weighted by atomic mass is 32.2. The van der Waals surface area contributed by atoms with Crippen LogP contribution in [0.2, 0.25) is 0 Å². The fourth-order valence-electron chi connectivity index (χ4n) is 2.77. The van der Waals surface area contributed by atoms with Crippen LogP contribution in [0, 0.1) is 0 Å². The molecular formula is C20H26N2O3S. The van der Waals surface area contributed by atoms with Gasteiger partial charge in [-0.3, -0.25) is 4.79 Å². The van der Waals surface area contributed by atoms with E-state index in [1.807, 2.05) is 37.3 Å². The Balaban J connectivity index is 2.25. The molecule has 1 amide bonds. The van der Waals surface area contributed by atoms with Gasteiger partial charge >= 0.3 is 0 Å². The van der Waals surface area contributed by atoms with Gasteiger partial charge in [-0.05, 0) is 30.0 Å². The Bertz CT molecular complexity index is 833. The fourth-order valence-corrected chi connectivity index (χ4v) is 3.37. The number of carbonyl (C=O) groups excluding carboxylic acids is 1. The molecule has 140 valence electrons. The zero-order chi connectivity index (χ0) is 19.3. The molecule has 0 aliphatic heterocycles. The topological polar surface area (TPSA) is 66.5 Å². The molecule has 6 heteroatoms. The minimum Gasteiger partial charge on any atom is -0.348 e. The third-order valence-electron chi connectivity index (χ3n) is 4.50. The Kier molecular flexibility index (Phi) is 6.56. The second-order valence-corrected chi connectivity index (χ2v) is 8.46. The molecule has 2 aromatic carbocycles. The van der Waals surface area contributed by atoms with Gasteiger partial charge in [0.1, 0.15) is 6.04 Å². The van der Waals surface area contributed by atoms with E-state index >= 15 is 0 Å². The number of aryl methyl sites for hydroxylation is 1. The minimum absolute atomic E-state index is 0.229. The highest BCUT2D eigenvalue weighted by molar-refractivity contribution is 7.88. The number of nitrogens with one attached hydrogen (secondary N) is 1. The zero-order valence-electron chi connectivity index (χ0n) is 15.6. The monoisotopic (exact) mass is 374 g/mol. The molecule has 0 fully saturated rings. The molecule has 0 radical (unpaired) electrons. The average molecular weight is 375 g/mol. The van der Waals surface area contributed by atoms with Crippen LogP contribution in [0.5, 0.6) is 0 Å². The summed E-state index contributed by atoms with van der Waals surface area (Å²) >= 11 is 0. The number of hydrogen-bond acceptors (Lipinski definition) is 3. The molecule has 0 aliphatic rings. The Morgan fingerprint density at radius 2 is 1.62 bits per heavy atom. The lowest BCUT2D eigenvalue weighted by molar-refractivity contribution is -0.125. The summed E-state index contributed by atoms with van der Waals surface area (Å²) < 4.78 is 25.1. The Morgan fingerprint density at radius 1 is 1.04 bits per heavy atom. The molecule has 0 saturated carbocycles. The van der Waals surface area contributed by atoms with E-state index in [0.717, 1.165) is 22.5 Å². The van der Waals surface area contributed by atoms with Crippen molar-refractivity contribution < 1.29 is 13.2 Å². The average Bonchev–Trinajstić information content (AvgIpc) is 2.62. The molecule has 0 spiro atoms. The third kappa shape index (κ3) is 4.93. The van der Waals surface area contributed by atoms with Gasteiger partial charge in [0.2, 0.25) is 15.9 Å². The quantitative estimate of drug-likeness (QED) is 0.810. The van der Waals surface area contributed by atoms with Gasteiger partial charge in [-0.15, -0.1) is 0 Å². The lowest BCUT2D eigenvalue weighted by Gasteiger charge is -2.27. The van der Waals surface area contributed by atoms with E-state index in [1.54, 1.807) is 24.3 Å². The summed E-state index contributed by atoms with van der Waals surface area (Å²) in [5.74, 6) is -0.351. The molecule has 26 heavy (non-hydrogen) atoms. The van der Waals surface area contributed by atoms with Gasteiger partial charge in [0, 0.05) is 7.05 Å². The van der Waals surface area contributed by atoms with Crippen molar-refractivity contribution >= 4 is 15.9 Å². The van der Waals surface area contributed by atoms with E-state index in [-0.39, 0.29) is 11.9 Å². The number of carbonyl (C=O) groups is 1. The normalized spacial score (nSPS) is 14.0. The van der Waals surface area contributed by atoms with Crippen LogP contribution in [0.4, 0.5) is 0 Å². The largest absolute Gasteiger partial charge is 0.348 e. The summed E-state index contributed by atoms with van der Waals surface area (Å²) in [6, 6.07) is 15.8. The van der Waals surface area contributed by atoms with Crippen molar-refractivity contribution in [3.05, 3.63) is 71.3 Å². The number of sulfonamides is 1. The van der Waals surface area contributed by atoms with Crippen molar-refractivity contribution in [2.24, 2.45) is 0 Å². The molecule has 2 atom stereocenters. The Hall–Kier alpha value is -2.18. The SMILES string of the molecule is CCc1ccc([C@@H](C)NC(=O)[C@H](c2ccccc2)N(C)S(C)(=O)=O)cc1. The van der Waals surface area contributed by atoms with Crippen molar-refractivity contribution in [1.82, 2.24) is 9.62 Å². The van der Waals surface area contributed by atoms with Crippen LogP contribution in [0.25, 0.3) is 0 Å². The molecule has 2 rings (SSSR count). The summed E-state index contributed by atoms with van der Waals surface area (Å²) in [6.45, 7) is 3.98. The number of amides is 1. The molecule has 0 aliphatic carbocycles. The van der Waals surface area contributed by atoms with Crippen LogP contribution in [0.1, 0.15) is 42.6 Å². The molecule has 0 heterocycles. The van der Waals surface area contributed by atoms with Gasteiger partial charge in [0.25, 0.3) is 0 Å². The number of likely N-dealkylation sites (N-methyl/N-ethyl adjacent to an activating group) is 1. The van der Waals surface area contributed by atoms with Crippen LogP contribution >= 0.6 is 0 Å². The molecule has 0 aromatic heterocycles. The predicted octanol–water partition coefficient (Wildman–Crippen LogP) is 3.06. The summed E-state index contributed by atoms with van der Waals surface area (Å²) in [6.07, 6.45) is 2.05. The Labute approximate surface area is 156 Å². The number of rotatable bonds is 7. The van der Waals surface area contributed by atoms with E-state index in [9.17, 15) is 13.2 Å². The maximum Gasteiger partial charge on any atom is 0.243 e. The van der Waals surface area contributed by atoms with Crippen LogP contribution in [0.15, 0.2) is 54.6 Å². The molecule has 2 aromatic rings. The van der Waals surface area contributed by atoms with E-state index in [2.05, 4.69) is 12.2 Å². The van der Waals surface area contributed by atoms with Crippen molar-refractivity contribution in [2.75, 3.05) is 13.3 Å². The summed E-state index contributed by atoms with van der Waals surface area (Å²) in [7, 11) is -2.11. The first-order chi connectivity index (χ1) is 12.2. The zero-order valence-corrected chi connectivity index (χ0v) is 16.5. The third-order valence-corrected chi connectivity index (χ3v) is 5.75. The van der Waals surface area contributed by atoms with Gasteiger partial charge < -0.3 is 5.32 Å². The predicted molar refractivity (Wildman–Crippen MR) is 104 cm³/mol. The highest BCUT2D eigenvalue weighted by Gasteiger charge is 2.31. The number of nitrogens with zero attached hydrogens (tertiary/aromatic N) is 1. The fraction of sp³-hybridized carbons (Fsp3) is 0.350. The van der Waals surface area contributed by atoms with Crippen LogP contribution in [0.3, 0.4) is 0 Å². The molecule has 0 bridgehead atoms. The maximum absolute atomic E-state index is 12.9. The molecule has 0 saturated heterocycles. The van der Waals surface area contributed by atoms with Crippen LogP contribution in [-0.2, 0) is 21.2 Å². The van der Waals surface area contributed by atoms with Crippen LogP contribution < -0.4 is 5.32 Å². The first kappa shape index (κ1) is 20.1. The summed E-state index contributed by atoms with van der Waals surface area (Å²) in [4.78, 5) is 12.9. The lowest BCUT2D eigenvalue weighted by Crippen LogP contribution is -2.42. The van der Waals surface area contributed by atoms with Gasteiger partial charge in [-0.1, -0.05) is 61.5 Å². The van der Waals surface area contributed by atoms with Crippen molar-refractivity contribution in [2.45, 2.75) is 32.4 Å². The van der Waals surface area contributed by atoms with E-state index in [0.29, 0.717) is 5.56 Å². The number of hydrogen-bond donors (Lipinski definition) is 1. The first-order valence-corrected chi connectivity index (χ1v) is 10.5. The summed E-state index contributed by atoms with van der Waals surface area (Å²) in [5.41, 5.74) is 2.84. The van der Waals surface area contributed by atoms with Gasteiger partial charge in [0.05, 0.1) is 12.3 Å². The molecule has 0 unspecified atom stereocenters. The van der Waals surface area contributed by atoms with Crippen LogP contribution in [-0.4, -0.2) is 31.9 Å². The lowest BCUT2D eigenvalue weighted by atomic mass is 10.0. The number of benzene rings is 2. The highest BCUT2D eigenvalue weighted by Crippen LogP contribution is 2.23. The van der Waals surface area contributed by atoms with E-state index in [4.69, 9.17) is 0 Å². The van der Waals surface area contributed by atoms with Gasteiger partial charge in [-0.25, -0.2) is 8.42 Å². The standard InChI is InChI=1S/C20H26N2O3S/c1-5-16-11-13-17(14-12-16)15(2)21-20(23)19(22(3)26(4,24)25)18-9-7-6-8-10-18/h6-15,19H,5H2,1-4H3,(H,21,23)/t15-,19+/m1/s1. The van der Waals surface area contributed by atoms with Crippen molar-refractivity contribution in [3.63, 3.8) is 0 Å². The minimum atomic E-state index is -3.53. The van der Waals surface area contributed by atoms with E-state index in [1.165, 1.54) is 12.6 Å². The van der Waals surface area contributed by atoms with Gasteiger partial charge in [-0.2, -0.15) is 4.31 Å².